The number of methoxy groups -OCH3 is 1. The molecule has 1 aromatic carbocycles. The van der Waals surface area contributed by atoms with Crippen LogP contribution < -0.4 is 10.1 Å². The van der Waals surface area contributed by atoms with E-state index in [-0.39, 0.29) is 11.8 Å². The molecule has 1 heterocycles. The summed E-state index contributed by atoms with van der Waals surface area (Å²) < 4.78 is 5.31. The molecule has 25 heavy (non-hydrogen) atoms. The number of hydrogen-bond donors (Lipinski definition) is 1. The number of rotatable bonds is 6. The van der Waals surface area contributed by atoms with E-state index >= 15 is 0 Å². The average molecular weight is 342 g/mol. The summed E-state index contributed by atoms with van der Waals surface area (Å²) in [5, 5.41) is 3.02. The monoisotopic (exact) mass is 342 g/mol. The lowest BCUT2D eigenvalue weighted by atomic mass is 9.96. The van der Waals surface area contributed by atoms with Crippen molar-refractivity contribution in [3.63, 3.8) is 0 Å². The van der Waals surface area contributed by atoms with Crippen LogP contribution >= 0.6 is 0 Å². The van der Waals surface area contributed by atoms with Crippen LogP contribution in [0.15, 0.2) is 24.3 Å². The number of carbonyl (C=O) groups is 2. The number of ether oxygens (including phenoxy) is 1. The molecule has 0 aromatic heterocycles. The predicted octanol–water partition coefficient (Wildman–Crippen LogP) is 2.01. The van der Waals surface area contributed by atoms with Crippen molar-refractivity contribution >= 4 is 11.8 Å². The number of amides is 2. The fourth-order valence-electron chi connectivity index (χ4n) is 3.03. The van der Waals surface area contributed by atoms with Crippen molar-refractivity contribution in [1.82, 2.24) is 10.2 Å². The number of nitrogens with one attached hydrogen (secondary N) is 1. The van der Waals surface area contributed by atoms with Crippen LogP contribution in [-0.2, 0) is 16.0 Å². The second-order valence-electron chi connectivity index (χ2n) is 6.23. The number of aryl methyl sites for hydroxylation is 1. The van der Waals surface area contributed by atoms with Crippen LogP contribution in [0.3, 0.4) is 0 Å². The van der Waals surface area contributed by atoms with E-state index in [2.05, 4.69) is 17.2 Å². The lowest BCUT2D eigenvalue weighted by Gasteiger charge is -2.30. The molecule has 1 aliphatic rings. The van der Waals surface area contributed by atoms with E-state index in [4.69, 9.17) is 4.74 Å². The van der Waals surface area contributed by atoms with Gasteiger partial charge in [0, 0.05) is 26.1 Å². The van der Waals surface area contributed by atoms with Gasteiger partial charge in [-0.15, -0.1) is 0 Å². The summed E-state index contributed by atoms with van der Waals surface area (Å²) >= 11 is 0. The maximum atomic E-state index is 12.1. The summed E-state index contributed by atoms with van der Waals surface area (Å²) in [6, 6.07) is 7.77. The highest BCUT2D eigenvalue weighted by Gasteiger charge is 2.22. The lowest BCUT2D eigenvalue weighted by Crippen LogP contribution is -2.41. The minimum atomic E-state index is -0.0956. The highest BCUT2D eigenvalue weighted by molar-refractivity contribution is 5.93. The molecule has 134 valence electrons. The van der Waals surface area contributed by atoms with Crippen molar-refractivity contribution in [1.29, 1.82) is 0 Å². The van der Waals surface area contributed by atoms with Gasteiger partial charge in [-0.2, -0.15) is 0 Å². The molecule has 2 rings (SSSR count). The molecule has 2 amide bonds. The first-order chi connectivity index (χ1) is 12.1. The molecule has 0 radical (unpaired) electrons. The van der Waals surface area contributed by atoms with Crippen molar-refractivity contribution in [3.8, 4) is 17.6 Å². The number of piperidine rings is 1. The molecule has 1 N–H and O–H groups in total. The Balaban J connectivity index is 1.69. The third-order valence-electron chi connectivity index (χ3n) is 4.54. The Morgan fingerprint density at radius 2 is 2.00 bits per heavy atom. The van der Waals surface area contributed by atoms with Gasteiger partial charge in [0.15, 0.2) is 0 Å². The minimum Gasteiger partial charge on any atom is -0.496 e. The molecule has 1 saturated heterocycles. The quantitative estimate of drug-likeness (QED) is 0.805. The number of carbonyl (C=O) groups excluding carboxylic acids is 2. The number of likely N-dealkylation sites (tertiary alicyclic amines) is 1. The predicted molar refractivity (Wildman–Crippen MR) is 97.1 cm³/mol. The second kappa shape index (κ2) is 9.73. The third kappa shape index (κ3) is 5.82. The van der Waals surface area contributed by atoms with Gasteiger partial charge >= 0.3 is 0 Å². The zero-order chi connectivity index (χ0) is 18.1. The molecule has 0 atom stereocenters. The zero-order valence-corrected chi connectivity index (χ0v) is 15.0. The second-order valence-corrected chi connectivity index (χ2v) is 6.23. The third-order valence-corrected chi connectivity index (χ3v) is 4.54. The maximum absolute atomic E-state index is 12.1. The van der Waals surface area contributed by atoms with E-state index in [9.17, 15) is 9.59 Å². The fraction of sp³-hybridized carbons (Fsp3) is 0.500. The van der Waals surface area contributed by atoms with Gasteiger partial charge in [-0.1, -0.05) is 24.1 Å². The van der Waals surface area contributed by atoms with Gasteiger partial charge in [0.25, 0.3) is 5.91 Å². The van der Waals surface area contributed by atoms with Crippen LogP contribution in [0.5, 0.6) is 5.75 Å². The van der Waals surface area contributed by atoms with Crippen LogP contribution in [0, 0.1) is 17.8 Å². The van der Waals surface area contributed by atoms with E-state index in [0.29, 0.717) is 25.3 Å². The number of para-hydroxylation sites is 1. The molecule has 0 spiro atoms. The summed E-state index contributed by atoms with van der Waals surface area (Å²) in [4.78, 5) is 25.6. The van der Waals surface area contributed by atoms with Crippen LogP contribution in [0.2, 0.25) is 0 Å². The largest absolute Gasteiger partial charge is 0.496 e. The van der Waals surface area contributed by atoms with Gasteiger partial charge in [-0.05, 0) is 49.7 Å². The first-order valence-electron chi connectivity index (χ1n) is 8.74. The van der Waals surface area contributed by atoms with Crippen LogP contribution in [0.1, 0.15) is 31.7 Å². The Bertz CT molecular complexity index is 652. The minimum absolute atomic E-state index is 0.0567. The van der Waals surface area contributed by atoms with E-state index in [0.717, 1.165) is 37.2 Å². The Morgan fingerprint density at radius 1 is 1.28 bits per heavy atom. The van der Waals surface area contributed by atoms with Crippen molar-refractivity contribution in [3.05, 3.63) is 29.8 Å². The summed E-state index contributed by atoms with van der Waals surface area (Å²) in [5.74, 6) is 6.43. The summed E-state index contributed by atoms with van der Waals surface area (Å²) in [6.45, 7) is 3.78. The van der Waals surface area contributed by atoms with E-state index in [1.165, 1.54) is 0 Å². The Labute approximate surface area is 149 Å². The molecule has 5 heteroatoms. The van der Waals surface area contributed by atoms with Gasteiger partial charge in [0.05, 0.1) is 7.11 Å². The van der Waals surface area contributed by atoms with Crippen molar-refractivity contribution in [2.45, 2.75) is 32.6 Å². The highest BCUT2D eigenvalue weighted by Crippen LogP contribution is 2.19. The van der Waals surface area contributed by atoms with Gasteiger partial charge in [-0.3, -0.25) is 9.59 Å². The Kier molecular flexibility index (Phi) is 7.34. The normalized spacial score (nSPS) is 14.4. The van der Waals surface area contributed by atoms with Gasteiger partial charge in [0.1, 0.15) is 5.75 Å². The molecular weight excluding hydrogens is 316 g/mol. The SMILES string of the molecule is CC#CC(=O)N1CCC(CNC(=O)CCc2ccccc2OC)CC1. The highest BCUT2D eigenvalue weighted by atomic mass is 16.5. The Morgan fingerprint density at radius 3 is 2.68 bits per heavy atom. The molecule has 0 bridgehead atoms. The van der Waals surface area contributed by atoms with Crippen LogP contribution in [0.25, 0.3) is 0 Å². The Hall–Kier alpha value is -2.48. The fourth-order valence-corrected chi connectivity index (χ4v) is 3.03. The average Bonchev–Trinajstić information content (AvgIpc) is 2.65. The van der Waals surface area contributed by atoms with Crippen LogP contribution in [0.4, 0.5) is 0 Å². The van der Waals surface area contributed by atoms with Crippen LogP contribution in [-0.4, -0.2) is 43.5 Å². The van der Waals surface area contributed by atoms with Gasteiger partial charge in [-0.25, -0.2) is 0 Å². The van der Waals surface area contributed by atoms with E-state index in [1.807, 2.05) is 24.3 Å². The molecule has 0 unspecified atom stereocenters. The van der Waals surface area contributed by atoms with Gasteiger partial charge in [0.2, 0.25) is 5.91 Å². The summed E-state index contributed by atoms with van der Waals surface area (Å²) in [7, 11) is 1.64. The number of nitrogens with zero attached hydrogens (tertiary/aromatic N) is 1. The first kappa shape index (κ1) is 18.9. The molecule has 0 saturated carbocycles. The molecular formula is C20H26N2O3. The zero-order valence-electron chi connectivity index (χ0n) is 15.0. The standard InChI is InChI=1S/C20H26N2O3/c1-3-6-20(24)22-13-11-16(12-14-22)15-21-19(23)10-9-17-7-4-5-8-18(17)25-2/h4-5,7-8,16H,9-15H2,1-2H3,(H,21,23). The number of benzene rings is 1. The first-order valence-corrected chi connectivity index (χ1v) is 8.74. The van der Waals surface area contributed by atoms with Crippen molar-refractivity contribution < 1.29 is 14.3 Å². The van der Waals surface area contributed by atoms with E-state index in [1.54, 1.807) is 18.9 Å². The molecule has 1 aromatic rings. The maximum Gasteiger partial charge on any atom is 0.298 e. The van der Waals surface area contributed by atoms with Crippen molar-refractivity contribution in [2.75, 3.05) is 26.7 Å². The van der Waals surface area contributed by atoms with Crippen molar-refractivity contribution in [2.24, 2.45) is 5.92 Å². The molecule has 1 fully saturated rings. The number of hydrogen-bond acceptors (Lipinski definition) is 3. The van der Waals surface area contributed by atoms with E-state index < -0.39 is 0 Å². The summed E-state index contributed by atoms with van der Waals surface area (Å²) in [5.41, 5.74) is 1.05. The van der Waals surface area contributed by atoms with Gasteiger partial charge < -0.3 is 15.0 Å². The molecule has 1 aliphatic heterocycles. The smallest absolute Gasteiger partial charge is 0.298 e. The summed E-state index contributed by atoms with van der Waals surface area (Å²) in [6.07, 6.45) is 2.93. The molecule has 0 aliphatic carbocycles. The lowest BCUT2D eigenvalue weighted by molar-refractivity contribution is -0.127. The molecule has 5 nitrogen and oxygen atoms in total. The topological polar surface area (TPSA) is 58.6 Å².